The van der Waals surface area contributed by atoms with Crippen molar-refractivity contribution in [3.63, 3.8) is 0 Å². The Balaban J connectivity index is 2.44. The van der Waals surface area contributed by atoms with Crippen LogP contribution in [0.3, 0.4) is 0 Å². The first-order valence-electron chi connectivity index (χ1n) is 7.72. The molecule has 0 aliphatic carbocycles. The second-order valence-corrected chi connectivity index (χ2v) is 7.28. The predicted octanol–water partition coefficient (Wildman–Crippen LogP) is 0.145. The van der Waals surface area contributed by atoms with Crippen LogP contribution in [0.1, 0.15) is 37.8 Å². The maximum Gasteiger partial charge on any atom is 0.488 e. The average molecular weight is 402 g/mol. The number of pyridine rings is 1. The Morgan fingerprint density at radius 2 is 1.96 bits per heavy atom. The molecule has 0 radical (unpaired) electrons. The third kappa shape index (κ3) is 3.84. The van der Waals surface area contributed by atoms with E-state index in [1.165, 1.54) is 31.3 Å². The van der Waals surface area contributed by atoms with Crippen LogP contribution in [0.4, 0.5) is 0 Å². The fraction of sp³-hybridized carbons (Fsp3) is 0.429. The highest BCUT2D eigenvalue weighted by Crippen LogP contribution is 2.31. The standard InChI is InChI=1S/C14H15N3O9S/c1-9(16(21)22)8-10(11-4-2-3-7-15-11)14(20)26-17(27(23,24)25)12(18)5-6-13(17)19/h2-4,7,9-10H,5-6,8H2,1H3/p+1. The molecule has 0 bridgehead atoms. The SMILES string of the molecule is CC(CC(C(=O)O[N+]1(S(=O)(=O)O)C(=O)CCC1=O)c1ccccn1)[N+](=O)[O-]. The number of imide groups is 1. The van der Waals surface area contributed by atoms with Gasteiger partial charge in [-0.2, -0.15) is 0 Å². The van der Waals surface area contributed by atoms with Gasteiger partial charge >= 0.3 is 28.1 Å². The number of nitro groups is 1. The largest absolute Gasteiger partial charge is 0.488 e. The lowest BCUT2D eigenvalue weighted by molar-refractivity contribution is -0.854. The molecule has 1 fully saturated rings. The van der Waals surface area contributed by atoms with Crippen LogP contribution in [0.15, 0.2) is 24.4 Å². The van der Waals surface area contributed by atoms with Gasteiger partial charge in [0.25, 0.3) is 0 Å². The fourth-order valence-corrected chi connectivity index (χ4v) is 3.46. The second kappa shape index (κ2) is 7.46. The number of hydrogen-bond acceptors (Lipinski definition) is 9. The van der Waals surface area contributed by atoms with Crippen LogP contribution in [0.5, 0.6) is 0 Å². The van der Waals surface area contributed by atoms with E-state index in [1.807, 2.05) is 0 Å². The first-order chi connectivity index (χ1) is 12.5. The molecule has 2 unspecified atom stereocenters. The van der Waals surface area contributed by atoms with Crippen LogP contribution >= 0.6 is 0 Å². The zero-order valence-corrected chi connectivity index (χ0v) is 14.9. The minimum absolute atomic E-state index is 0.0174. The normalized spacial score (nSPS) is 18.7. The van der Waals surface area contributed by atoms with Gasteiger partial charge in [-0.15, -0.1) is 8.42 Å². The minimum Gasteiger partial charge on any atom is -0.264 e. The maximum atomic E-state index is 12.6. The average Bonchev–Trinajstić information content (AvgIpc) is 2.88. The van der Waals surface area contributed by atoms with Crippen LogP contribution in [0.25, 0.3) is 0 Å². The Morgan fingerprint density at radius 1 is 1.37 bits per heavy atom. The highest BCUT2D eigenvalue weighted by molar-refractivity contribution is 7.80. The van der Waals surface area contributed by atoms with Crippen molar-refractivity contribution in [1.82, 2.24) is 4.98 Å². The Hall–Kier alpha value is -2.77. The molecule has 12 nitrogen and oxygen atoms in total. The molecular weight excluding hydrogens is 386 g/mol. The lowest BCUT2D eigenvalue weighted by atomic mass is 9.97. The van der Waals surface area contributed by atoms with Gasteiger partial charge < -0.3 is 0 Å². The molecule has 1 aliphatic rings. The molecule has 27 heavy (non-hydrogen) atoms. The highest BCUT2D eigenvalue weighted by Gasteiger charge is 2.65. The maximum absolute atomic E-state index is 12.6. The van der Waals surface area contributed by atoms with Crippen LogP contribution in [-0.2, 0) is 29.5 Å². The summed E-state index contributed by atoms with van der Waals surface area (Å²) in [4.78, 5) is 55.5. The van der Waals surface area contributed by atoms with Crippen LogP contribution < -0.4 is 0 Å². The molecule has 13 heteroatoms. The van der Waals surface area contributed by atoms with Gasteiger partial charge in [0, 0.05) is 24.5 Å². The van der Waals surface area contributed by atoms with E-state index in [0.717, 1.165) is 0 Å². The second-order valence-electron chi connectivity index (χ2n) is 5.87. The molecule has 2 rings (SSSR count). The summed E-state index contributed by atoms with van der Waals surface area (Å²) in [5.74, 6) is -5.52. The van der Waals surface area contributed by atoms with Gasteiger partial charge in [0.2, 0.25) is 6.04 Å². The van der Waals surface area contributed by atoms with Crippen LogP contribution in [-0.4, -0.2) is 50.8 Å². The van der Waals surface area contributed by atoms with Gasteiger partial charge in [-0.1, -0.05) is 6.07 Å². The number of carbonyl (C=O) groups is 3. The zero-order valence-electron chi connectivity index (χ0n) is 14.0. The van der Waals surface area contributed by atoms with Gasteiger partial charge in [0.1, 0.15) is 9.97 Å². The number of carbonyl (C=O) groups excluding carboxylic acids is 3. The van der Waals surface area contributed by atoms with Crippen LogP contribution in [0, 0.1) is 10.1 Å². The highest BCUT2D eigenvalue weighted by atomic mass is 32.2. The smallest absolute Gasteiger partial charge is 0.264 e. The van der Waals surface area contributed by atoms with Gasteiger partial charge in [-0.3, -0.25) is 15.1 Å². The molecule has 1 aliphatic heterocycles. The lowest BCUT2D eigenvalue weighted by Crippen LogP contribution is -2.57. The number of quaternary nitrogens is 1. The Labute approximate surface area is 153 Å². The molecule has 1 saturated heterocycles. The third-order valence-corrected chi connectivity index (χ3v) is 5.15. The number of amides is 2. The third-order valence-electron chi connectivity index (χ3n) is 4.02. The van der Waals surface area contributed by atoms with Crippen molar-refractivity contribution in [3.8, 4) is 0 Å². The van der Waals surface area contributed by atoms with Crippen molar-refractivity contribution < 1.29 is 41.2 Å². The van der Waals surface area contributed by atoms with E-state index in [9.17, 15) is 37.5 Å². The van der Waals surface area contributed by atoms with Crippen molar-refractivity contribution in [2.24, 2.45) is 0 Å². The molecule has 1 aromatic rings. The Kier molecular flexibility index (Phi) is 5.67. The van der Waals surface area contributed by atoms with E-state index in [1.54, 1.807) is 0 Å². The predicted molar refractivity (Wildman–Crippen MR) is 85.2 cm³/mol. The molecule has 2 amide bonds. The van der Waals surface area contributed by atoms with E-state index in [2.05, 4.69) is 9.82 Å². The number of hydrogen-bond donors (Lipinski definition) is 1. The number of hydroxylamine groups is 2. The Bertz CT molecular complexity index is 868. The van der Waals surface area contributed by atoms with E-state index < -0.39 is 68.3 Å². The summed E-state index contributed by atoms with van der Waals surface area (Å²) in [6, 6.07) is 3.11. The summed E-state index contributed by atoms with van der Waals surface area (Å²) in [5, 5.41) is 10.9. The minimum atomic E-state index is -5.48. The fourth-order valence-electron chi connectivity index (χ4n) is 2.59. The van der Waals surface area contributed by atoms with E-state index in [4.69, 9.17) is 0 Å². The summed E-state index contributed by atoms with van der Waals surface area (Å²) in [6.45, 7) is 1.21. The number of nitrogens with zero attached hydrogens (tertiary/aromatic N) is 3. The summed E-state index contributed by atoms with van der Waals surface area (Å²) < 4.78 is 30.2. The van der Waals surface area contributed by atoms with Gasteiger partial charge in [0.15, 0.2) is 0 Å². The quantitative estimate of drug-likeness (QED) is 0.217. The molecule has 0 spiro atoms. The van der Waals surface area contributed by atoms with Gasteiger partial charge in [-0.25, -0.2) is 23.8 Å². The Morgan fingerprint density at radius 3 is 2.41 bits per heavy atom. The van der Waals surface area contributed by atoms with E-state index in [-0.39, 0.29) is 5.69 Å². The zero-order chi connectivity index (χ0) is 20.4. The molecule has 1 aromatic heterocycles. The van der Waals surface area contributed by atoms with Crippen molar-refractivity contribution >= 4 is 28.1 Å². The topological polar surface area (TPSA) is 171 Å². The number of rotatable bonds is 7. The van der Waals surface area contributed by atoms with Gasteiger partial charge in [-0.05, 0) is 12.1 Å². The van der Waals surface area contributed by atoms with Crippen LogP contribution in [0.2, 0.25) is 0 Å². The van der Waals surface area contributed by atoms with Crippen molar-refractivity contribution in [1.29, 1.82) is 0 Å². The van der Waals surface area contributed by atoms with Crippen molar-refractivity contribution in [3.05, 3.63) is 40.2 Å². The van der Waals surface area contributed by atoms with Crippen molar-refractivity contribution in [2.45, 2.75) is 38.1 Å². The number of aromatic nitrogens is 1. The molecule has 1 N–H and O–H groups in total. The lowest BCUT2D eigenvalue weighted by Gasteiger charge is -2.23. The molecule has 2 heterocycles. The molecule has 146 valence electrons. The first kappa shape index (κ1) is 20.5. The summed E-state index contributed by atoms with van der Waals surface area (Å²) >= 11 is 0. The molecule has 0 saturated carbocycles. The molecule has 0 aromatic carbocycles. The molecular formula is C14H16N3O9S+. The summed E-state index contributed by atoms with van der Waals surface area (Å²) in [5.41, 5.74) is 0.0174. The van der Waals surface area contributed by atoms with E-state index >= 15 is 0 Å². The van der Waals surface area contributed by atoms with E-state index in [0.29, 0.717) is 0 Å². The monoisotopic (exact) mass is 402 g/mol. The van der Waals surface area contributed by atoms with Gasteiger partial charge in [0.05, 0.1) is 18.5 Å². The first-order valence-corrected chi connectivity index (χ1v) is 9.11. The summed E-state index contributed by atoms with van der Waals surface area (Å²) in [6.07, 6.45) is -0.237. The summed E-state index contributed by atoms with van der Waals surface area (Å²) in [7, 11) is -5.48. The molecule has 2 atom stereocenters. The van der Waals surface area contributed by atoms with Crippen molar-refractivity contribution in [2.75, 3.05) is 0 Å².